The predicted molar refractivity (Wildman–Crippen MR) is 154 cm³/mol. The minimum absolute atomic E-state index is 0.0139. The zero-order chi connectivity index (χ0) is 29.0. The molecule has 39 heavy (non-hydrogen) atoms. The number of hydrogen-bond donors (Lipinski definition) is 3. The van der Waals surface area contributed by atoms with E-state index in [4.69, 9.17) is 14.1 Å². The normalized spacial score (nSPS) is 14.7. The Morgan fingerprint density at radius 3 is 2.46 bits per heavy atom. The molecule has 0 aliphatic carbocycles. The van der Waals surface area contributed by atoms with Crippen LogP contribution in [0.3, 0.4) is 0 Å². The van der Waals surface area contributed by atoms with E-state index in [1.807, 2.05) is 26.8 Å². The molecule has 2 aromatic rings. The molecule has 10 heteroatoms. The van der Waals surface area contributed by atoms with Crippen LogP contribution in [0.25, 0.3) is 0 Å². The van der Waals surface area contributed by atoms with Crippen molar-refractivity contribution >= 4 is 24.5 Å². The Bertz CT molecular complexity index is 1210. The van der Waals surface area contributed by atoms with Crippen LogP contribution in [0.15, 0.2) is 23.0 Å². The third-order valence-electron chi connectivity index (χ3n) is 7.77. The van der Waals surface area contributed by atoms with Crippen molar-refractivity contribution in [3.05, 3.63) is 50.9 Å². The van der Waals surface area contributed by atoms with E-state index in [0.717, 1.165) is 30.6 Å². The van der Waals surface area contributed by atoms with Gasteiger partial charge >= 0.3 is 7.48 Å². The lowest BCUT2D eigenvalue weighted by molar-refractivity contribution is -0.0893. The number of aryl methyl sites for hydroxylation is 1. The summed E-state index contributed by atoms with van der Waals surface area (Å²) in [5, 5.41) is 13.5. The van der Waals surface area contributed by atoms with Crippen molar-refractivity contribution < 1.29 is 24.0 Å². The number of pyridine rings is 1. The van der Waals surface area contributed by atoms with Gasteiger partial charge in [0.05, 0.1) is 30.4 Å². The molecule has 0 saturated carbocycles. The van der Waals surface area contributed by atoms with E-state index in [1.165, 1.54) is 7.11 Å². The van der Waals surface area contributed by atoms with Gasteiger partial charge < -0.3 is 34.4 Å². The monoisotopic (exact) mass is 540 g/mol. The summed E-state index contributed by atoms with van der Waals surface area (Å²) in [6, 6.07) is 5.83. The third-order valence-corrected chi connectivity index (χ3v) is 7.77. The number of methoxy groups -OCH3 is 1. The van der Waals surface area contributed by atoms with E-state index in [9.17, 15) is 14.7 Å². The smallest absolute Gasteiger partial charge is 0.331 e. The number of aromatic amines is 1. The van der Waals surface area contributed by atoms with Gasteiger partial charge in [0.15, 0.2) is 0 Å². The van der Waals surface area contributed by atoms with E-state index in [1.54, 1.807) is 40.4 Å². The summed E-state index contributed by atoms with van der Waals surface area (Å²) in [7, 11) is 3.10. The van der Waals surface area contributed by atoms with Crippen LogP contribution in [0.1, 0.15) is 74.6 Å². The lowest BCUT2D eigenvalue weighted by Crippen LogP contribution is -2.49. The number of amides is 1. The van der Waals surface area contributed by atoms with Crippen molar-refractivity contribution in [2.24, 2.45) is 0 Å². The van der Waals surface area contributed by atoms with E-state index in [-0.39, 0.29) is 24.1 Å². The number of rotatable bonds is 11. The second-order valence-corrected chi connectivity index (χ2v) is 11.2. The number of H-pyrrole nitrogens is 1. The number of nitrogens with one attached hydrogen (secondary N) is 2. The van der Waals surface area contributed by atoms with Crippen molar-refractivity contribution in [3.63, 3.8) is 0 Å². The van der Waals surface area contributed by atoms with Gasteiger partial charge in [-0.1, -0.05) is 11.5 Å². The molecule has 0 spiro atoms. The van der Waals surface area contributed by atoms with E-state index < -0.39 is 11.2 Å². The highest BCUT2D eigenvalue weighted by atomic mass is 16.5. The Labute approximate surface area is 232 Å². The molecule has 1 aliphatic heterocycles. The summed E-state index contributed by atoms with van der Waals surface area (Å²) < 4.78 is 17.0. The fourth-order valence-electron chi connectivity index (χ4n) is 4.60. The van der Waals surface area contributed by atoms with Crippen LogP contribution >= 0.6 is 0 Å². The van der Waals surface area contributed by atoms with E-state index >= 15 is 0 Å². The number of hydrogen-bond acceptors (Lipinski definition) is 7. The van der Waals surface area contributed by atoms with Gasteiger partial charge in [0.2, 0.25) is 0 Å². The number of carbonyl (C=O) groups is 1. The summed E-state index contributed by atoms with van der Waals surface area (Å²) in [5.74, 6) is 0.116. The maximum Gasteiger partial charge on any atom is 0.331 e. The zero-order valence-electron chi connectivity index (χ0n) is 24.6. The molecular weight excluding hydrogens is 497 g/mol. The van der Waals surface area contributed by atoms with Crippen molar-refractivity contribution in [2.75, 3.05) is 31.8 Å². The molecule has 1 aromatic heterocycles. The van der Waals surface area contributed by atoms with Gasteiger partial charge in [0.1, 0.15) is 5.75 Å². The molecule has 213 valence electrons. The Morgan fingerprint density at radius 2 is 1.87 bits per heavy atom. The molecule has 2 heterocycles. The lowest BCUT2D eigenvalue weighted by atomic mass is 9.80. The van der Waals surface area contributed by atoms with Gasteiger partial charge in [-0.25, -0.2) is 0 Å². The fraction of sp³-hybridized carbons (Fsp3) is 0.586. The highest BCUT2D eigenvalue weighted by molar-refractivity contribution is 6.47. The molecule has 1 aromatic carbocycles. The molecule has 3 N–H and O–H groups in total. The summed E-state index contributed by atoms with van der Waals surface area (Å²) >= 11 is 0. The van der Waals surface area contributed by atoms with Crippen molar-refractivity contribution in [3.8, 4) is 5.75 Å². The Balaban J connectivity index is 1.97. The molecule has 1 saturated heterocycles. The number of anilines is 1. The van der Waals surface area contributed by atoms with E-state index in [2.05, 4.69) is 22.1 Å². The molecule has 3 rings (SSSR count). The summed E-state index contributed by atoms with van der Waals surface area (Å²) in [4.78, 5) is 31.2. The quantitative estimate of drug-likeness (QED) is 0.376. The molecule has 0 bridgehead atoms. The van der Waals surface area contributed by atoms with Gasteiger partial charge in [0, 0.05) is 42.7 Å². The van der Waals surface area contributed by atoms with Crippen LogP contribution in [0.2, 0.25) is 0 Å². The highest BCUT2D eigenvalue weighted by Crippen LogP contribution is 2.29. The largest absolute Gasteiger partial charge is 0.496 e. The molecular formula is C29H43BN3O6. The van der Waals surface area contributed by atoms with Crippen LogP contribution in [0, 0.1) is 13.8 Å². The molecule has 0 atom stereocenters. The first-order valence-corrected chi connectivity index (χ1v) is 13.6. The van der Waals surface area contributed by atoms with Gasteiger partial charge in [-0.3, -0.25) is 9.59 Å². The Hall–Kier alpha value is -2.82. The van der Waals surface area contributed by atoms with E-state index in [0.29, 0.717) is 41.2 Å². The Morgan fingerprint density at radius 1 is 1.21 bits per heavy atom. The average Bonchev–Trinajstić information content (AvgIpc) is 2.88. The summed E-state index contributed by atoms with van der Waals surface area (Å²) in [6.07, 6.45) is 1.81. The molecule has 0 unspecified atom stereocenters. The first-order valence-electron chi connectivity index (χ1n) is 13.6. The molecule has 9 nitrogen and oxygen atoms in total. The van der Waals surface area contributed by atoms with Gasteiger partial charge in [-0.15, -0.1) is 0 Å². The minimum atomic E-state index is -1.09. The van der Waals surface area contributed by atoms with Crippen LogP contribution in [0.4, 0.5) is 5.69 Å². The number of aromatic nitrogens is 1. The number of ether oxygens (including phenoxy) is 2. The first-order chi connectivity index (χ1) is 18.3. The maximum atomic E-state index is 13.6. The summed E-state index contributed by atoms with van der Waals surface area (Å²) in [6.45, 7) is 15.0. The maximum absolute atomic E-state index is 13.6. The Kier molecular flexibility index (Phi) is 9.91. The third kappa shape index (κ3) is 7.23. The van der Waals surface area contributed by atoms with Gasteiger partial charge in [-0.05, 0) is 79.0 Å². The predicted octanol–water partition coefficient (Wildman–Crippen LogP) is 2.75. The average molecular weight is 540 g/mol. The molecule has 1 radical (unpaired) electrons. The van der Waals surface area contributed by atoms with Crippen molar-refractivity contribution in [1.82, 2.24) is 10.3 Å². The van der Waals surface area contributed by atoms with Gasteiger partial charge in [-0.2, -0.15) is 0 Å². The number of nitrogens with zero attached hydrogens (tertiary/aromatic N) is 1. The topological polar surface area (TPSA) is 113 Å². The van der Waals surface area contributed by atoms with Gasteiger partial charge in [0.25, 0.3) is 11.5 Å². The number of benzene rings is 1. The number of aliphatic hydroxyl groups is 1. The van der Waals surface area contributed by atoms with Crippen molar-refractivity contribution in [1.29, 1.82) is 0 Å². The zero-order valence-corrected chi connectivity index (χ0v) is 24.6. The van der Waals surface area contributed by atoms with Crippen LogP contribution in [-0.4, -0.2) is 67.6 Å². The standard InChI is InChI=1S/C29H43BN3O6/c1-9-33(21-10-12-38-13-11-21)24-16-20(30-39-29(6,7)28(4,5)36)15-22(19(24)3)26(34)31-17-23-25(37-8)14-18(2)32-27(23)35/h14-16,21,36H,9-13,17H2,1-8H3,(H,31,34)(H,32,35). The van der Waals surface area contributed by atoms with Crippen LogP contribution in [0.5, 0.6) is 5.75 Å². The van der Waals surface area contributed by atoms with Crippen molar-refractivity contribution in [2.45, 2.75) is 85.1 Å². The first kappa shape index (κ1) is 30.7. The van der Waals surface area contributed by atoms with Crippen LogP contribution < -0.4 is 26.0 Å². The van der Waals surface area contributed by atoms with Crippen LogP contribution in [-0.2, 0) is 15.9 Å². The SMILES string of the molecule is CCN(c1cc([B]OC(C)(C)C(C)(C)O)cc(C(=O)NCc2c(OC)cc(C)[nH]c2=O)c1C)C1CCOCC1. The summed E-state index contributed by atoms with van der Waals surface area (Å²) in [5.41, 5.74) is 1.74. The molecule has 1 aliphatic rings. The highest BCUT2D eigenvalue weighted by Gasteiger charge is 2.36. The second-order valence-electron chi connectivity index (χ2n) is 11.2. The molecule has 1 fully saturated rings. The fourth-order valence-corrected chi connectivity index (χ4v) is 4.60. The second kappa shape index (κ2) is 12.6. The molecule has 1 amide bonds. The minimum Gasteiger partial charge on any atom is -0.496 e. The number of carbonyl (C=O) groups excluding carboxylic acids is 1. The lowest BCUT2D eigenvalue weighted by Gasteiger charge is -2.38.